The van der Waals surface area contributed by atoms with Crippen LogP contribution in [0.2, 0.25) is 0 Å². The standard InChI is InChI=1S/C11H16FNO/c1-3-4-10(14)7-9-5-6-11(12)13-8(9)2/h5-6,8-9H,3-4,7H2,1-2H3. The van der Waals surface area contributed by atoms with Crippen molar-refractivity contribution in [3.8, 4) is 0 Å². The predicted octanol–water partition coefficient (Wildman–Crippen LogP) is 2.69. The van der Waals surface area contributed by atoms with Gasteiger partial charge < -0.3 is 0 Å². The first-order valence-corrected chi connectivity index (χ1v) is 5.06. The van der Waals surface area contributed by atoms with Gasteiger partial charge in [-0.25, -0.2) is 0 Å². The fourth-order valence-corrected chi connectivity index (χ4v) is 1.58. The van der Waals surface area contributed by atoms with E-state index in [1.807, 2.05) is 13.8 Å². The molecule has 0 radical (unpaired) electrons. The Kier molecular flexibility index (Phi) is 3.98. The number of aliphatic imine (C=N–C) groups is 1. The Morgan fingerprint density at radius 1 is 1.64 bits per heavy atom. The van der Waals surface area contributed by atoms with Gasteiger partial charge in [0.1, 0.15) is 5.78 Å². The molecule has 0 bridgehead atoms. The van der Waals surface area contributed by atoms with Gasteiger partial charge in [-0.2, -0.15) is 4.39 Å². The van der Waals surface area contributed by atoms with E-state index in [4.69, 9.17) is 0 Å². The fraction of sp³-hybridized carbons (Fsp3) is 0.636. The molecule has 0 saturated heterocycles. The van der Waals surface area contributed by atoms with Crippen LogP contribution in [-0.4, -0.2) is 17.8 Å². The van der Waals surface area contributed by atoms with Gasteiger partial charge in [0, 0.05) is 18.8 Å². The lowest BCUT2D eigenvalue weighted by atomic mass is 9.92. The van der Waals surface area contributed by atoms with E-state index in [1.54, 1.807) is 6.08 Å². The quantitative estimate of drug-likeness (QED) is 0.681. The van der Waals surface area contributed by atoms with Crippen molar-refractivity contribution < 1.29 is 9.18 Å². The van der Waals surface area contributed by atoms with E-state index in [-0.39, 0.29) is 17.7 Å². The molecule has 2 nitrogen and oxygen atoms in total. The van der Waals surface area contributed by atoms with Gasteiger partial charge >= 0.3 is 0 Å². The zero-order chi connectivity index (χ0) is 10.6. The second-order valence-electron chi connectivity index (χ2n) is 3.71. The number of carbonyl (C=O) groups excluding carboxylic acids is 1. The number of hydrogen-bond acceptors (Lipinski definition) is 2. The smallest absolute Gasteiger partial charge is 0.208 e. The molecule has 2 unspecified atom stereocenters. The minimum Gasteiger partial charge on any atom is -0.300 e. The summed E-state index contributed by atoms with van der Waals surface area (Å²) in [6, 6.07) is -0.110. The molecule has 0 aliphatic carbocycles. The van der Waals surface area contributed by atoms with E-state index in [2.05, 4.69) is 4.99 Å². The normalized spacial score (nSPS) is 26.1. The molecule has 1 aliphatic heterocycles. The molecule has 1 rings (SSSR count). The van der Waals surface area contributed by atoms with Gasteiger partial charge in [0.2, 0.25) is 5.97 Å². The van der Waals surface area contributed by atoms with Crippen molar-refractivity contribution in [3.05, 3.63) is 12.2 Å². The van der Waals surface area contributed by atoms with Crippen LogP contribution in [0.1, 0.15) is 33.1 Å². The zero-order valence-electron chi connectivity index (χ0n) is 8.66. The first-order chi connectivity index (χ1) is 6.63. The molecule has 0 amide bonds. The van der Waals surface area contributed by atoms with Crippen LogP contribution in [0.3, 0.4) is 0 Å². The molecule has 0 aromatic rings. The Balaban J connectivity index is 2.47. The molecule has 0 aromatic carbocycles. The van der Waals surface area contributed by atoms with Crippen LogP contribution < -0.4 is 0 Å². The molecule has 0 spiro atoms. The van der Waals surface area contributed by atoms with Crippen molar-refractivity contribution >= 4 is 11.7 Å². The van der Waals surface area contributed by atoms with Crippen LogP contribution >= 0.6 is 0 Å². The number of allylic oxidation sites excluding steroid dienone is 1. The summed E-state index contributed by atoms with van der Waals surface area (Å²) >= 11 is 0. The van der Waals surface area contributed by atoms with Gasteiger partial charge in [0.15, 0.2) is 0 Å². The third kappa shape index (κ3) is 3.05. The summed E-state index contributed by atoms with van der Waals surface area (Å²) in [4.78, 5) is 15.2. The topological polar surface area (TPSA) is 29.4 Å². The molecule has 3 heteroatoms. The number of hydrogen-bond donors (Lipinski definition) is 0. The third-order valence-electron chi connectivity index (χ3n) is 2.42. The van der Waals surface area contributed by atoms with Crippen LogP contribution in [0.15, 0.2) is 17.1 Å². The molecule has 14 heavy (non-hydrogen) atoms. The summed E-state index contributed by atoms with van der Waals surface area (Å²) in [5.41, 5.74) is 0. The Labute approximate surface area is 83.9 Å². The van der Waals surface area contributed by atoms with Crippen molar-refractivity contribution in [2.45, 2.75) is 39.2 Å². The largest absolute Gasteiger partial charge is 0.300 e. The van der Waals surface area contributed by atoms with Gasteiger partial charge in [0.05, 0.1) is 6.04 Å². The maximum absolute atomic E-state index is 12.7. The highest BCUT2D eigenvalue weighted by molar-refractivity contribution is 5.88. The van der Waals surface area contributed by atoms with E-state index in [0.717, 1.165) is 6.42 Å². The van der Waals surface area contributed by atoms with Gasteiger partial charge in [-0.05, 0) is 19.4 Å². The van der Waals surface area contributed by atoms with Crippen LogP contribution in [0.25, 0.3) is 0 Å². The van der Waals surface area contributed by atoms with Crippen LogP contribution in [0.4, 0.5) is 4.39 Å². The second kappa shape index (κ2) is 5.03. The van der Waals surface area contributed by atoms with Gasteiger partial charge in [-0.1, -0.05) is 13.0 Å². The molecule has 1 aliphatic rings. The summed E-state index contributed by atoms with van der Waals surface area (Å²) in [7, 11) is 0. The maximum atomic E-state index is 12.7. The van der Waals surface area contributed by atoms with Gasteiger partial charge in [0.25, 0.3) is 0 Å². The van der Waals surface area contributed by atoms with Crippen LogP contribution in [0.5, 0.6) is 0 Å². The predicted molar refractivity (Wildman–Crippen MR) is 55.2 cm³/mol. The zero-order valence-corrected chi connectivity index (χ0v) is 8.66. The average molecular weight is 197 g/mol. The summed E-state index contributed by atoms with van der Waals surface area (Å²) in [6.45, 7) is 3.82. The molecule has 2 atom stereocenters. The second-order valence-corrected chi connectivity index (χ2v) is 3.71. The van der Waals surface area contributed by atoms with Crippen molar-refractivity contribution in [3.63, 3.8) is 0 Å². The summed E-state index contributed by atoms with van der Waals surface area (Å²) in [5, 5.41) is 0. The summed E-state index contributed by atoms with van der Waals surface area (Å²) < 4.78 is 12.7. The third-order valence-corrected chi connectivity index (χ3v) is 2.42. The molecular weight excluding hydrogens is 181 g/mol. The van der Waals surface area contributed by atoms with Crippen molar-refractivity contribution in [2.24, 2.45) is 10.9 Å². The molecule has 0 saturated carbocycles. The van der Waals surface area contributed by atoms with Gasteiger partial charge in [-0.15, -0.1) is 0 Å². The number of Topliss-reactive ketones (excluding diaryl/α,β-unsaturated/α-hetero) is 1. The molecule has 0 N–H and O–H groups in total. The molecule has 78 valence electrons. The lowest BCUT2D eigenvalue weighted by molar-refractivity contribution is -0.119. The number of rotatable bonds is 4. The average Bonchev–Trinajstić information content (AvgIpc) is 2.10. The number of ketones is 1. The van der Waals surface area contributed by atoms with E-state index < -0.39 is 5.97 Å². The number of nitrogens with zero attached hydrogens (tertiary/aromatic N) is 1. The summed E-state index contributed by atoms with van der Waals surface area (Å²) in [5.74, 6) is -0.114. The lowest BCUT2D eigenvalue weighted by Gasteiger charge is -2.19. The van der Waals surface area contributed by atoms with E-state index in [0.29, 0.717) is 12.8 Å². The number of dihydropyridines is 1. The Hall–Kier alpha value is -0.990. The molecule has 0 fully saturated rings. The van der Waals surface area contributed by atoms with Crippen molar-refractivity contribution in [1.82, 2.24) is 0 Å². The van der Waals surface area contributed by atoms with E-state index in [9.17, 15) is 9.18 Å². The maximum Gasteiger partial charge on any atom is 0.208 e. The van der Waals surface area contributed by atoms with Crippen molar-refractivity contribution in [2.75, 3.05) is 0 Å². The van der Waals surface area contributed by atoms with Crippen molar-refractivity contribution in [1.29, 1.82) is 0 Å². The SMILES string of the molecule is CCCC(=O)CC1C=CC(F)=NC1C. The highest BCUT2D eigenvalue weighted by Gasteiger charge is 2.20. The summed E-state index contributed by atoms with van der Waals surface area (Å²) in [6.07, 6.45) is 5.08. The number of carbonyl (C=O) groups is 1. The number of halogens is 1. The van der Waals surface area contributed by atoms with Crippen LogP contribution in [-0.2, 0) is 4.79 Å². The van der Waals surface area contributed by atoms with Crippen LogP contribution in [0, 0.1) is 5.92 Å². The first-order valence-electron chi connectivity index (χ1n) is 5.06. The Morgan fingerprint density at radius 3 is 2.93 bits per heavy atom. The van der Waals surface area contributed by atoms with Gasteiger partial charge in [-0.3, -0.25) is 9.79 Å². The molecule has 1 heterocycles. The van der Waals surface area contributed by atoms with E-state index in [1.165, 1.54) is 6.08 Å². The minimum absolute atomic E-state index is 0.0774. The minimum atomic E-state index is -0.434. The first kappa shape index (κ1) is 11.1. The highest BCUT2D eigenvalue weighted by Crippen LogP contribution is 2.20. The lowest BCUT2D eigenvalue weighted by Crippen LogP contribution is -2.20. The highest BCUT2D eigenvalue weighted by atomic mass is 19.1. The molecule has 0 aromatic heterocycles. The molecular formula is C11H16FNO. The fourth-order valence-electron chi connectivity index (χ4n) is 1.58. The van der Waals surface area contributed by atoms with E-state index >= 15 is 0 Å². The Morgan fingerprint density at radius 2 is 2.36 bits per heavy atom. The monoisotopic (exact) mass is 197 g/mol. The Bertz CT molecular complexity index is 270.